The van der Waals surface area contributed by atoms with Crippen molar-refractivity contribution >= 4 is 29.7 Å². The summed E-state index contributed by atoms with van der Waals surface area (Å²) in [5.74, 6) is 6.60. The molecule has 0 spiro atoms. The second-order valence-electron chi connectivity index (χ2n) is 9.93. The Balaban J connectivity index is 1.24. The Morgan fingerprint density at radius 2 is 1.95 bits per heavy atom. The highest BCUT2D eigenvalue weighted by Gasteiger charge is 2.48. The van der Waals surface area contributed by atoms with Gasteiger partial charge in [0.25, 0.3) is 11.7 Å². The van der Waals surface area contributed by atoms with Gasteiger partial charge in [0.05, 0.1) is 29.7 Å². The van der Waals surface area contributed by atoms with Crippen LogP contribution in [0.5, 0.6) is 0 Å². The number of halogens is 3. The van der Waals surface area contributed by atoms with Gasteiger partial charge in [-0.2, -0.15) is 29.1 Å². The lowest BCUT2D eigenvalue weighted by atomic mass is 9.90. The van der Waals surface area contributed by atoms with E-state index in [1.54, 1.807) is 30.7 Å². The van der Waals surface area contributed by atoms with Crippen molar-refractivity contribution in [2.24, 2.45) is 21.7 Å². The lowest BCUT2D eigenvalue weighted by Crippen LogP contribution is -2.53. The Bertz CT molecular complexity index is 1480. The topological polar surface area (TPSA) is 126 Å². The number of aliphatic imine (C=N–C) groups is 2. The number of allylic oxidation sites excluding steroid dienone is 1. The second kappa shape index (κ2) is 9.20. The first-order chi connectivity index (χ1) is 18.6. The van der Waals surface area contributed by atoms with Crippen LogP contribution in [-0.4, -0.2) is 56.1 Å². The molecule has 6 rings (SSSR count). The predicted octanol–water partition coefficient (Wildman–Crippen LogP) is 3.37. The number of hydrogen-bond acceptors (Lipinski definition) is 7. The number of nitrogens with zero attached hydrogens (tertiary/aromatic N) is 6. The molecule has 10 nitrogen and oxygen atoms in total. The first-order valence-electron chi connectivity index (χ1n) is 12.5. The molecule has 1 aromatic carbocycles. The van der Waals surface area contributed by atoms with Gasteiger partial charge in [-0.05, 0) is 49.6 Å². The molecule has 0 bridgehead atoms. The lowest BCUT2D eigenvalue weighted by molar-refractivity contribution is -0.750. The lowest BCUT2D eigenvalue weighted by Gasteiger charge is -2.35. The molecular formula is C26H24F3N8O2+. The van der Waals surface area contributed by atoms with Gasteiger partial charge in [-0.25, -0.2) is 0 Å². The first-order valence-corrected chi connectivity index (χ1v) is 12.5. The highest BCUT2D eigenvalue weighted by atomic mass is 19.4. The molecule has 0 aliphatic carbocycles. The van der Waals surface area contributed by atoms with E-state index in [4.69, 9.17) is 10.8 Å². The molecule has 0 saturated carbocycles. The molecule has 5 heterocycles. The van der Waals surface area contributed by atoms with Crippen molar-refractivity contribution in [3.63, 3.8) is 0 Å². The molecule has 2 fully saturated rings. The van der Waals surface area contributed by atoms with Crippen molar-refractivity contribution in [3.8, 4) is 0 Å². The van der Waals surface area contributed by atoms with Crippen LogP contribution in [0.15, 0.2) is 70.3 Å². The number of carbonyl (C=O) groups is 2. The maximum Gasteiger partial charge on any atom is 0.418 e. The van der Waals surface area contributed by atoms with Crippen LogP contribution in [0.1, 0.15) is 47.2 Å². The molecule has 2 saturated heterocycles. The van der Waals surface area contributed by atoms with E-state index >= 15 is 0 Å². The van der Waals surface area contributed by atoms with E-state index in [2.05, 4.69) is 20.5 Å². The maximum absolute atomic E-state index is 13.0. The molecule has 3 N–H and O–H groups in total. The summed E-state index contributed by atoms with van der Waals surface area (Å²) < 4.78 is 38.7. The number of anilines is 1. The molecule has 2 aromatic rings. The summed E-state index contributed by atoms with van der Waals surface area (Å²) in [6, 6.07) is 7.44. The molecule has 4 aliphatic rings. The SMILES string of the molecule is N[N+]12C=CN=CC1=C([C@@H]1CC[C@H]3CCC(=O)N3C1)N=C2c1ccc(C(=O)Nc2cc(C(F)(F)F)cnn2)cc1. The summed E-state index contributed by atoms with van der Waals surface area (Å²) in [4.78, 5) is 36.2. The van der Waals surface area contributed by atoms with E-state index in [-0.39, 0.29) is 27.8 Å². The molecule has 2 amide bonds. The van der Waals surface area contributed by atoms with Crippen LogP contribution < -0.4 is 11.2 Å². The van der Waals surface area contributed by atoms with Gasteiger partial charge in [0.1, 0.15) is 11.9 Å². The van der Waals surface area contributed by atoms with Gasteiger partial charge in [-0.15, -0.1) is 9.69 Å². The summed E-state index contributed by atoms with van der Waals surface area (Å²) in [6.45, 7) is 0.591. The zero-order valence-electron chi connectivity index (χ0n) is 20.6. The molecule has 1 aromatic heterocycles. The van der Waals surface area contributed by atoms with Gasteiger partial charge in [0.15, 0.2) is 5.82 Å². The number of piperidine rings is 1. The highest BCUT2D eigenvalue weighted by Crippen LogP contribution is 2.40. The summed E-state index contributed by atoms with van der Waals surface area (Å²) in [5, 5.41) is 9.22. The standard InChI is InChI=1S/C26H23F3N8O2/c27-26(28,29)18-11-21(35-32-12-18)33-25(39)16-3-1-15(2-4-16)24-34-23(20-13-31-9-10-37(20,24)30)17-5-6-19-7-8-22(38)36(19)14-17/h1-4,9-13,17,19H,5-8,14,30H2/p+1/t17-,19+,37?/m1/s1. The summed E-state index contributed by atoms with van der Waals surface area (Å²) in [5.41, 5.74) is 1.37. The van der Waals surface area contributed by atoms with Crippen molar-refractivity contribution in [2.45, 2.75) is 37.9 Å². The molecular weight excluding hydrogens is 513 g/mol. The molecule has 4 aliphatic heterocycles. The van der Waals surface area contributed by atoms with E-state index in [1.807, 2.05) is 4.90 Å². The van der Waals surface area contributed by atoms with E-state index < -0.39 is 17.6 Å². The van der Waals surface area contributed by atoms with Crippen molar-refractivity contribution in [1.29, 1.82) is 0 Å². The molecule has 1 unspecified atom stereocenters. The number of nitrogens with one attached hydrogen (secondary N) is 1. The van der Waals surface area contributed by atoms with E-state index in [0.717, 1.165) is 36.7 Å². The minimum absolute atomic E-state index is 0.0217. The number of rotatable bonds is 4. The fraction of sp³-hybridized carbons (Fsp3) is 0.308. The van der Waals surface area contributed by atoms with Crippen molar-refractivity contribution in [2.75, 3.05) is 11.9 Å². The smallest absolute Gasteiger partial charge is 0.339 e. The van der Waals surface area contributed by atoms with Crippen LogP contribution >= 0.6 is 0 Å². The average molecular weight is 538 g/mol. The molecule has 3 atom stereocenters. The number of amides is 2. The number of carbonyl (C=O) groups excluding carboxylic acids is 2. The van der Waals surface area contributed by atoms with Crippen molar-refractivity contribution in [1.82, 2.24) is 15.1 Å². The van der Waals surface area contributed by atoms with Gasteiger partial charge in [-0.3, -0.25) is 14.6 Å². The number of amidine groups is 1. The molecule has 13 heteroatoms. The third kappa shape index (κ3) is 4.42. The Kier molecular flexibility index (Phi) is 5.92. The Morgan fingerprint density at radius 1 is 1.15 bits per heavy atom. The molecule has 39 heavy (non-hydrogen) atoms. The number of nitrogens with two attached hydrogens (primary N) is 1. The van der Waals surface area contributed by atoms with E-state index in [0.29, 0.717) is 36.6 Å². The summed E-state index contributed by atoms with van der Waals surface area (Å²) >= 11 is 0. The second-order valence-corrected chi connectivity index (χ2v) is 9.93. The van der Waals surface area contributed by atoms with Gasteiger partial charge >= 0.3 is 6.18 Å². The van der Waals surface area contributed by atoms with Crippen LogP contribution in [0, 0.1) is 5.92 Å². The third-order valence-corrected chi connectivity index (χ3v) is 7.56. The Morgan fingerprint density at radius 3 is 2.72 bits per heavy atom. The largest absolute Gasteiger partial charge is 0.418 e. The number of fused-ring (bicyclic) bond motifs is 2. The van der Waals surface area contributed by atoms with E-state index in [9.17, 15) is 22.8 Å². The van der Waals surface area contributed by atoms with Crippen LogP contribution in [0.25, 0.3) is 0 Å². The normalized spacial score (nSPS) is 26.0. The van der Waals surface area contributed by atoms with E-state index in [1.165, 1.54) is 12.1 Å². The third-order valence-electron chi connectivity index (χ3n) is 7.56. The van der Waals surface area contributed by atoms with Crippen LogP contribution in [-0.2, 0) is 11.0 Å². The van der Waals surface area contributed by atoms with Crippen LogP contribution in [0.3, 0.4) is 0 Å². The number of aromatic nitrogens is 2. The van der Waals surface area contributed by atoms with Gasteiger partial charge in [0.2, 0.25) is 11.6 Å². The van der Waals surface area contributed by atoms with Crippen LogP contribution in [0.4, 0.5) is 19.0 Å². The zero-order valence-corrected chi connectivity index (χ0v) is 20.6. The highest BCUT2D eigenvalue weighted by molar-refractivity contribution is 6.05. The average Bonchev–Trinajstić information content (AvgIpc) is 3.45. The quantitative estimate of drug-likeness (QED) is 0.457. The Hall–Kier alpha value is -4.23. The number of hydrogen-bond donors (Lipinski definition) is 2. The molecule has 0 radical (unpaired) electrons. The molecule has 200 valence electrons. The Labute approximate surface area is 221 Å². The zero-order chi connectivity index (χ0) is 27.4. The predicted molar refractivity (Wildman–Crippen MR) is 135 cm³/mol. The van der Waals surface area contributed by atoms with Crippen molar-refractivity contribution in [3.05, 3.63) is 77.0 Å². The number of alkyl halides is 3. The first kappa shape index (κ1) is 25.1. The van der Waals surface area contributed by atoms with Gasteiger partial charge in [-0.1, -0.05) is 0 Å². The van der Waals surface area contributed by atoms with Gasteiger partial charge < -0.3 is 10.2 Å². The minimum atomic E-state index is -4.61. The fourth-order valence-electron chi connectivity index (χ4n) is 5.54. The monoisotopic (exact) mass is 537 g/mol. The number of benzene rings is 1. The summed E-state index contributed by atoms with van der Waals surface area (Å²) in [7, 11) is 0. The minimum Gasteiger partial charge on any atom is -0.339 e. The number of quaternary nitrogens is 1. The summed E-state index contributed by atoms with van der Waals surface area (Å²) in [6.07, 6.45) is 4.27. The van der Waals surface area contributed by atoms with Crippen LogP contribution in [0.2, 0.25) is 0 Å². The maximum atomic E-state index is 13.0. The van der Waals surface area contributed by atoms with Gasteiger partial charge in [0, 0.05) is 30.5 Å². The van der Waals surface area contributed by atoms with Crippen molar-refractivity contribution < 1.29 is 27.4 Å². The fourth-order valence-corrected chi connectivity index (χ4v) is 5.54.